The third kappa shape index (κ3) is 5.31. The Kier molecular flexibility index (Phi) is 5.39. The Morgan fingerprint density at radius 3 is 1.76 bits per heavy atom. The van der Waals surface area contributed by atoms with Crippen molar-refractivity contribution in [3.63, 3.8) is 0 Å². The topological polar surface area (TPSA) is 26.0 Å². The summed E-state index contributed by atoms with van der Waals surface area (Å²) in [4.78, 5) is 0. The van der Waals surface area contributed by atoms with Gasteiger partial charge in [-0.3, -0.25) is 0 Å². The largest absolute Gasteiger partial charge is 0.399 e. The van der Waals surface area contributed by atoms with Crippen molar-refractivity contribution in [1.82, 2.24) is 0 Å². The van der Waals surface area contributed by atoms with E-state index in [2.05, 4.69) is 56.3 Å². The highest BCUT2D eigenvalue weighted by Crippen LogP contribution is 2.11. The van der Waals surface area contributed by atoms with Gasteiger partial charge in [0.05, 0.1) is 0 Å². The summed E-state index contributed by atoms with van der Waals surface area (Å²) < 4.78 is 0. The molecule has 1 heteroatoms. The molecule has 0 aliphatic carbocycles. The lowest BCUT2D eigenvalue weighted by Crippen LogP contribution is -1.93. The molecule has 0 aromatic heterocycles. The van der Waals surface area contributed by atoms with E-state index in [0.717, 1.165) is 17.7 Å². The highest BCUT2D eigenvalue weighted by atomic mass is 14.5. The second kappa shape index (κ2) is 7.49. The van der Waals surface area contributed by atoms with E-state index < -0.39 is 0 Å². The summed E-state index contributed by atoms with van der Waals surface area (Å²) in [7, 11) is 0. The Morgan fingerprint density at radius 2 is 1.29 bits per heavy atom. The maximum absolute atomic E-state index is 5.66. The SMILES string of the molecule is CC(C)Cc1ccc(/C=C/C=C/c2ccc(N)cc2)cc1. The van der Waals surface area contributed by atoms with Gasteiger partial charge in [0.15, 0.2) is 0 Å². The third-order valence-electron chi connectivity index (χ3n) is 3.25. The summed E-state index contributed by atoms with van der Waals surface area (Å²) in [5.74, 6) is 0.703. The highest BCUT2D eigenvalue weighted by molar-refractivity contribution is 5.58. The summed E-state index contributed by atoms with van der Waals surface area (Å²) >= 11 is 0. The lowest BCUT2D eigenvalue weighted by Gasteiger charge is -2.04. The molecule has 0 aliphatic heterocycles. The second-order valence-corrected chi connectivity index (χ2v) is 5.72. The van der Waals surface area contributed by atoms with Gasteiger partial charge in [-0.1, -0.05) is 74.5 Å². The summed E-state index contributed by atoms with van der Waals surface area (Å²) in [6, 6.07) is 16.6. The molecule has 0 saturated heterocycles. The van der Waals surface area contributed by atoms with Crippen molar-refractivity contribution in [1.29, 1.82) is 0 Å². The van der Waals surface area contributed by atoms with E-state index in [-0.39, 0.29) is 0 Å². The molecule has 0 radical (unpaired) electrons. The normalized spacial score (nSPS) is 11.8. The van der Waals surface area contributed by atoms with E-state index in [1.165, 1.54) is 11.1 Å². The lowest BCUT2D eigenvalue weighted by atomic mass is 10.0. The van der Waals surface area contributed by atoms with Crippen LogP contribution in [-0.2, 0) is 6.42 Å². The van der Waals surface area contributed by atoms with Gasteiger partial charge in [-0.05, 0) is 41.2 Å². The fourth-order valence-corrected chi connectivity index (χ4v) is 2.18. The van der Waals surface area contributed by atoms with E-state index in [4.69, 9.17) is 5.73 Å². The average Bonchev–Trinajstić information content (AvgIpc) is 2.46. The number of nitrogen functional groups attached to an aromatic ring is 1. The number of nitrogens with two attached hydrogens (primary N) is 1. The molecule has 0 heterocycles. The molecule has 1 nitrogen and oxygen atoms in total. The molecule has 2 aromatic carbocycles. The smallest absolute Gasteiger partial charge is 0.0314 e. The van der Waals surface area contributed by atoms with Crippen molar-refractivity contribution in [2.75, 3.05) is 5.73 Å². The average molecular weight is 277 g/mol. The van der Waals surface area contributed by atoms with E-state index in [0.29, 0.717) is 5.92 Å². The van der Waals surface area contributed by atoms with E-state index >= 15 is 0 Å². The predicted octanol–water partition coefficient (Wildman–Crippen LogP) is 5.19. The summed E-state index contributed by atoms with van der Waals surface area (Å²) in [6.45, 7) is 4.49. The summed E-state index contributed by atoms with van der Waals surface area (Å²) in [5, 5.41) is 0. The number of benzene rings is 2. The minimum absolute atomic E-state index is 0.703. The van der Waals surface area contributed by atoms with Crippen molar-refractivity contribution >= 4 is 17.8 Å². The molecule has 0 amide bonds. The number of anilines is 1. The zero-order chi connectivity index (χ0) is 15.1. The first-order chi connectivity index (χ1) is 10.1. The Balaban J connectivity index is 1.93. The molecule has 0 spiro atoms. The number of hydrogen-bond donors (Lipinski definition) is 1. The molecule has 21 heavy (non-hydrogen) atoms. The first kappa shape index (κ1) is 15.1. The summed E-state index contributed by atoms with van der Waals surface area (Å²) in [5.41, 5.74) is 10.2. The van der Waals surface area contributed by atoms with Crippen molar-refractivity contribution < 1.29 is 0 Å². The van der Waals surface area contributed by atoms with Crippen LogP contribution >= 0.6 is 0 Å². The van der Waals surface area contributed by atoms with Gasteiger partial charge in [-0.25, -0.2) is 0 Å². The van der Waals surface area contributed by atoms with Crippen molar-refractivity contribution in [3.8, 4) is 0 Å². The van der Waals surface area contributed by atoms with E-state index in [9.17, 15) is 0 Å². The molecule has 2 aromatic rings. The number of hydrogen-bond acceptors (Lipinski definition) is 1. The van der Waals surface area contributed by atoms with Crippen LogP contribution in [0.2, 0.25) is 0 Å². The fraction of sp³-hybridized carbons (Fsp3) is 0.200. The highest BCUT2D eigenvalue weighted by Gasteiger charge is 1.96. The van der Waals surface area contributed by atoms with Crippen LogP contribution in [0.25, 0.3) is 12.2 Å². The van der Waals surface area contributed by atoms with Gasteiger partial charge in [0.2, 0.25) is 0 Å². The van der Waals surface area contributed by atoms with Crippen molar-refractivity contribution in [2.45, 2.75) is 20.3 Å². The van der Waals surface area contributed by atoms with Crippen LogP contribution in [0.1, 0.15) is 30.5 Å². The van der Waals surface area contributed by atoms with Gasteiger partial charge in [0, 0.05) is 5.69 Å². The Morgan fingerprint density at radius 1 is 0.810 bits per heavy atom. The minimum Gasteiger partial charge on any atom is -0.399 e. The first-order valence-corrected chi connectivity index (χ1v) is 7.43. The van der Waals surface area contributed by atoms with Crippen LogP contribution in [0.4, 0.5) is 5.69 Å². The van der Waals surface area contributed by atoms with Crippen LogP contribution in [0.15, 0.2) is 60.7 Å². The molecule has 2 rings (SSSR count). The molecule has 2 N–H and O–H groups in total. The molecule has 0 unspecified atom stereocenters. The van der Waals surface area contributed by atoms with Crippen LogP contribution in [0.5, 0.6) is 0 Å². The molecule has 0 fully saturated rings. The molecular weight excluding hydrogens is 254 g/mol. The number of allylic oxidation sites excluding steroid dienone is 2. The van der Waals surface area contributed by atoms with Gasteiger partial charge in [-0.2, -0.15) is 0 Å². The van der Waals surface area contributed by atoms with Gasteiger partial charge < -0.3 is 5.73 Å². The van der Waals surface area contributed by atoms with E-state index in [1.807, 2.05) is 30.3 Å². The molecule has 0 saturated carbocycles. The van der Waals surface area contributed by atoms with Crippen LogP contribution in [0.3, 0.4) is 0 Å². The Bertz CT molecular complexity index is 601. The molecular formula is C20H23N. The van der Waals surface area contributed by atoms with Crippen LogP contribution in [-0.4, -0.2) is 0 Å². The van der Waals surface area contributed by atoms with Gasteiger partial charge in [0.1, 0.15) is 0 Å². The molecule has 0 atom stereocenters. The van der Waals surface area contributed by atoms with Crippen LogP contribution in [0, 0.1) is 5.92 Å². The maximum atomic E-state index is 5.66. The summed E-state index contributed by atoms with van der Waals surface area (Å²) in [6.07, 6.45) is 9.44. The van der Waals surface area contributed by atoms with Gasteiger partial charge in [-0.15, -0.1) is 0 Å². The quantitative estimate of drug-likeness (QED) is 0.590. The van der Waals surface area contributed by atoms with E-state index in [1.54, 1.807) is 0 Å². The predicted molar refractivity (Wildman–Crippen MR) is 93.9 cm³/mol. The zero-order valence-corrected chi connectivity index (χ0v) is 12.8. The first-order valence-electron chi connectivity index (χ1n) is 7.43. The van der Waals surface area contributed by atoms with Crippen LogP contribution < -0.4 is 5.73 Å². The third-order valence-corrected chi connectivity index (χ3v) is 3.25. The minimum atomic E-state index is 0.703. The number of rotatable bonds is 5. The fourth-order valence-electron chi connectivity index (χ4n) is 2.18. The Hall–Kier alpha value is -2.28. The lowest BCUT2D eigenvalue weighted by molar-refractivity contribution is 0.647. The standard InChI is InChI=1S/C20H23N/c1-16(2)15-19-9-7-17(8-10-19)5-3-4-6-18-11-13-20(21)14-12-18/h3-14,16H,15,21H2,1-2H3/b5-3+,6-4+. The Labute approximate surface area is 127 Å². The molecule has 0 bridgehead atoms. The molecule has 0 aliphatic rings. The molecule has 108 valence electrons. The van der Waals surface area contributed by atoms with Crippen molar-refractivity contribution in [2.24, 2.45) is 5.92 Å². The monoisotopic (exact) mass is 277 g/mol. The maximum Gasteiger partial charge on any atom is 0.0314 e. The van der Waals surface area contributed by atoms with Crippen molar-refractivity contribution in [3.05, 3.63) is 77.4 Å². The second-order valence-electron chi connectivity index (χ2n) is 5.72. The van der Waals surface area contributed by atoms with Gasteiger partial charge in [0.25, 0.3) is 0 Å². The zero-order valence-electron chi connectivity index (χ0n) is 12.8. The van der Waals surface area contributed by atoms with Gasteiger partial charge >= 0.3 is 0 Å².